The minimum absolute atomic E-state index is 0.115. The van der Waals surface area contributed by atoms with E-state index in [2.05, 4.69) is 20.1 Å². The number of benzene rings is 1. The minimum Gasteiger partial charge on any atom is -0.479 e. The van der Waals surface area contributed by atoms with Crippen LogP contribution in [-0.2, 0) is 6.54 Å². The van der Waals surface area contributed by atoms with E-state index in [9.17, 15) is 8.78 Å². The molecule has 32 heavy (non-hydrogen) atoms. The van der Waals surface area contributed by atoms with Gasteiger partial charge in [0, 0.05) is 18.7 Å². The predicted molar refractivity (Wildman–Crippen MR) is 114 cm³/mol. The second-order valence-corrected chi connectivity index (χ2v) is 7.59. The summed E-state index contributed by atoms with van der Waals surface area (Å²) in [6, 6.07) is 7.77. The molecule has 0 spiro atoms. The first kappa shape index (κ1) is 20.0. The van der Waals surface area contributed by atoms with Crippen molar-refractivity contribution in [3.05, 3.63) is 83.1 Å². The van der Waals surface area contributed by atoms with Crippen molar-refractivity contribution in [2.24, 2.45) is 0 Å². The maximum Gasteiger partial charge on any atom is 0.238 e. The molecule has 0 N–H and O–H groups in total. The Bertz CT molecular complexity index is 1330. The molecule has 0 unspecified atom stereocenters. The van der Waals surface area contributed by atoms with E-state index in [1.807, 2.05) is 40.6 Å². The number of imidazole rings is 1. The lowest BCUT2D eigenvalue weighted by molar-refractivity contribution is 0.395. The van der Waals surface area contributed by atoms with Gasteiger partial charge >= 0.3 is 0 Å². The molecule has 3 aromatic heterocycles. The van der Waals surface area contributed by atoms with E-state index in [4.69, 9.17) is 4.74 Å². The number of hydrogen-bond acceptors (Lipinski definition) is 5. The Labute approximate surface area is 183 Å². The van der Waals surface area contributed by atoms with Crippen LogP contribution in [0.15, 0.2) is 42.9 Å². The Morgan fingerprint density at radius 2 is 1.97 bits per heavy atom. The summed E-state index contributed by atoms with van der Waals surface area (Å²) in [4.78, 5) is 13.4. The summed E-state index contributed by atoms with van der Waals surface area (Å²) in [6.45, 7) is 2.59. The maximum atomic E-state index is 13.7. The van der Waals surface area contributed by atoms with Gasteiger partial charge in [-0.15, -0.1) is 0 Å². The van der Waals surface area contributed by atoms with Crippen molar-refractivity contribution >= 4 is 12.2 Å². The summed E-state index contributed by atoms with van der Waals surface area (Å²) in [5, 5.41) is 4.51. The Kier molecular flexibility index (Phi) is 5.01. The average Bonchev–Trinajstić information content (AvgIpc) is 3.50. The van der Waals surface area contributed by atoms with E-state index in [1.54, 1.807) is 25.6 Å². The van der Waals surface area contributed by atoms with Crippen LogP contribution in [-0.4, -0.2) is 36.4 Å². The molecule has 4 aromatic rings. The van der Waals surface area contributed by atoms with Gasteiger partial charge in [-0.3, -0.25) is 0 Å². The van der Waals surface area contributed by atoms with Crippen LogP contribution in [0.4, 0.5) is 8.78 Å². The van der Waals surface area contributed by atoms with Gasteiger partial charge in [0.15, 0.2) is 17.5 Å². The highest BCUT2D eigenvalue weighted by molar-refractivity contribution is 5.65. The molecule has 5 rings (SSSR count). The maximum absolute atomic E-state index is 13.7. The van der Waals surface area contributed by atoms with Crippen LogP contribution in [0.25, 0.3) is 17.8 Å². The van der Waals surface area contributed by atoms with Crippen molar-refractivity contribution in [3.63, 3.8) is 0 Å². The van der Waals surface area contributed by atoms with Gasteiger partial charge in [0.25, 0.3) is 0 Å². The quantitative estimate of drug-likeness (QED) is 0.472. The van der Waals surface area contributed by atoms with Crippen molar-refractivity contribution < 1.29 is 13.5 Å². The van der Waals surface area contributed by atoms with Crippen LogP contribution >= 0.6 is 0 Å². The third kappa shape index (κ3) is 3.66. The van der Waals surface area contributed by atoms with Gasteiger partial charge in [-0.1, -0.05) is 6.07 Å². The normalized spacial score (nSPS) is 15.4. The second-order valence-electron chi connectivity index (χ2n) is 7.59. The van der Waals surface area contributed by atoms with Gasteiger partial charge < -0.3 is 9.30 Å². The van der Waals surface area contributed by atoms with E-state index >= 15 is 0 Å². The number of rotatable bonds is 5. The molecule has 9 heteroatoms. The van der Waals surface area contributed by atoms with Crippen LogP contribution in [0.5, 0.6) is 5.88 Å². The first-order valence-corrected chi connectivity index (χ1v) is 10.2. The van der Waals surface area contributed by atoms with E-state index in [0.29, 0.717) is 29.5 Å². The summed E-state index contributed by atoms with van der Waals surface area (Å²) >= 11 is 0. The van der Waals surface area contributed by atoms with Crippen molar-refractivity contribution in [1.29, 1.82) is 0 Å². The zero-order valence-corrected chi connectivity index (χ0v) is 17.5. The Balaban J connectivity index is 1.38. The number of nitrogens with zero attached hydrogens (tertiary/aromatic N) is 6. The van der Waals surface area contributed by atoms with Gasteiger partial charge in [-0.25, -0.2) is 28.4 Å². The van der Waals surface area contributed by atoms with Gasteiger partial charge in [-0.05, 0) is 55.3 Å². The molecule has 1 atom stereocenters. The SMILES string of the molecule is COc1nc(/C=C/c2nc3n(n2)CC[C@H]3c2ccc(F)c(F)c2)ccc1-n1cnc(C)c1. The highest BCUT2D eigenvalue weighted by Crippen LogP contribution is 2.33. The number of hydrogen-bond donors (Lipinski definition) is 0. The first-order valence-electron chi connectivity index (χ1n) is 10.2. The molecule has 162 valence electrons. The fourth-order valence-electron chi connectivity index (χ4n) is 3.89. The highest BCUT2D eigenvalue weighted by atomic mass is 19.2. The lowest BCUT2D eigenvalue weighted by Gasteiger charge is -2.08. The van der Waals surface area contributed by atoms with Crippen molar-refractivity contribution in [2.45, 2.75) is 25.8 Å². The molecule has 7 nitrogen and oxygen atoms in total. The molecule has 4 heterocycles. The standard InChI is InChI=1S/C23H20F2N6O/c1-14-12-30(13-26-14)20-7-4-16(27-23(20)32-2)5-8-21-28-22-17(9-10-31(22)29-21)15-3-6-18(24)19(25)11-15/h3-8,11-13,17H,9-10H2,1-2H3/b8-5+/t17-/m0/s1. The monoisotopic (exact) mass is 434 g/mol. The van der Waals surface area contributed by atoms with E-state index in [0.717, 1.165) is 29.7 Å². The number of pyridine rings is 1. The summed E-state index contributed by atoms with van der Waals surface area (Å²) in [5.74, 6) is -0.0719. The highest BCUT2D eigenvalue weighted by Gasteiger charge is 2.28. The average molecular weight is 434 g/mol. The molecule has 1 aromatic carbocycles. The van der Waals surface area contributed by atoms with Crippen LogP contribution in [0.1, 0.15) is 40.9 Å². The number of aryl methyl sites for hydroxylation is 2. The largest absolute Gasteiger partial charge is 0.479 e. The number of aromatic nitrogens is 6. The first-order chi connectivity index (χ1) is 15.5. The molecule has 0 saturated carbocycles. The van der Waals surface area contributed by atoms with Gasteiger partial charge in [0.1, 0.15) is 11.5 Å². The minimum atomic E-state index is -0.853. The van der Waals surface area contributed by atoms with E-state index in [1.165, 1.54) is 6.07 Å². The summed E-state index contributed by atoms with van der Waals surface area (Å²) in [6.07, 6.45) is 7.94. The van der Waals surface area contributed by atoms with Crippen LogP contribution in [0.2, 0.25) is 0 Å². The smallest absolute Gasteiger partial charge is 0.238 e. The predicted octanol–water partition coefficient (Wildman–Crippen LogP) is 4.16. The van der Waals surface area contributed by atoms with Gasteiger partial charge in [0.05, 0.1) is 24.8 Å². The summed E-state index contributed by atoms with van der Waals surface area (Å²) < 4.78 is 36.1. The van der Waals surface area contributed by atoms with Gasteiger partial charge in [-0.2, -0.15) is 5.10 Å². The molecule has 0 bridgehead atoms. The number of fused-ring (bicyclic) bond motifs is 1. The third-order valence-corrected chi connectivity index (χ3v) is 5.45. The van der Waals surface area contributed by atoms with Crippen LogP contribution in [0, 0.1) is 18.6 Å². The molecule has 1 aliphatic rings. The van der Waals surface area contributed by atoms with Crippen LogP contribution in [0.3, 0.4) is 0 Å². The molecular weight excluding hydrogens is 414 g/mol. The Hall–Kier alpha value is -3.88. The van der Waals surface area contributed by atoms with Crippen LogP contribution < -0.4 is 4.74 Å². The fraction of sp³-hybridized carbons (Fsp3) is 0.217. The van der Waals surface area contributed by atoms with E-state index < -0.39 is 11.6 Å². The Morgan fingerprint density at radius 3 is 2.72 bits per heavy atom. The molecular formula is C23H20F2N6O. The van der Waals surface area contributed by atoms with Gasteiger partial charge in [0.2, 0.25) is 5.88 Å². The third-order valence-electron chi connectivity index (χ3n) is 5.45. The second kappa shape index (κ2) is 7.99. The molecule has 0 aliphatic carbocycles. The zero-order valence-electron chi connectivity index (χ0n) is 17.5. The lowest BCUT2D eigenvalue weighted by Crippen LogP contribution is -2.00. The zero-order chi connectivity index (χ0) is 22.2. The molecule has 0 radical (unpaired) electrons. The fourth-order valence-corrected chi connectivity index (χ4v) is 3.89. The van der Waals surface area contributed by atoms with Crippen molar-refractivity contribution in [3.8, 4) is 11.6 Å². The topological polar surface area (TPSA) is 70.7 Å². The lowest BCUT2D eigenvalue weighted by atomic mass is 9.97. The number of methoxy groups -OCH3 is 1. The van der Waals surface area contributed by atoms with Crippen molar-refractivity contribution in [2.75, 3.05) is 7.11 Å². The van der Waals surface area contributed by atoms with E-state index in [-0.39, 0.29) is 5.92 Å². The molecule has 0 saturated heterocycles. The molecule has 0 amide bonds. The molecule has 0 fully saturated rings. The summed E-state index contributed by atoms with van der Waals surface area (Å²) in [5.41, 5.74) is 3.08. The van der Waals surface area contributed by atoms with Crippen molar-refractivity contribution in [1.82, 2.24) is 29.3 Å². The number of halogens is 2. The number of ether oxygens (including phenoxy) is 1. The summed E-state index contributed by atoms with van der Waals surface area (Å²) in [7, 11) is 1.57. The molecule has 1 aliphatic heterocycles. The Morgan fingerprint density at radius 1 is 1.09 bits per heavy atom.